The number of aromatic nitrogens is 1. The van der Waals surface area contributed by atoms with E-state index in [1.165, 1.54) is 0 Å². The topological polar surface area (TPSA) is 52.0 Å². The van der Waals surface area contributed by atoms with Crippen molar-refractivity contribution in [3.63, 3.8) is 0 Å². The highest BCUT2D eigenvalue weighted by molar-refractivity contribution is 6.34. The number of fused-ring (bicyclic) bond motifs is 1. The van der Waals surface area contributed by atoms with Gasteiger partial charge in [-0.2, -0.15) is 0 Å². The molecule has 0 fully saturated rings. The van der Waals surface area contributed by atoms with Crippen LogP contribution in [0.2, 0.25) is 5.02 Å². The van der Waals surface area contributed by atoms with Crippen LogP contribution in [0.1, 0.15) is 23.9 Å². The number of rotatable bonds is 4. The normalized spacial score (nSPS) is 12.7. The highest BCUT2D eigenvalue weighted by atomic mass is 35.5. The van der Waals surface area contributed by atoms with E-state index in [2.05, 4.69) is 4.98 Å². The quantitative estimate of drug-likeness (QED) is 0.785. The largest absolute Gasteiger partial charge is 0.458 e. The Hall–Kier alpha value is -1.84. The minimum Gasteiger partial charge on any atom is -0.458 e. The van der Waals surface area contributed by atoms with Gasteiger partial charge in [0, 0.05) is 17.3 Å². The van der Waals surface area contributed by atoms with Gasteiger partial charge >= 0.3 is 0 Å². The Morgan fingerprint density at radius 1 is 1.20 bits per heavy atom. The molecule has 1 aromatic carbocycles. The minimum absolute atomic E-state index is 0.152. The summed E-state index contributed by atoms with van der Waals surface area (Å²) in [6.07, 6.45) is 3.41. The molecule has 0 spiro atoms. The van der Waals surface area contributed by atoms with E-state index in [9.17, 15) is 0 Å². The molecule has 0 aliphatic carbocycles. The smallest absolute Gasteiger partial charge is 0.152 e. The van der Waals surface area contributed by atoms with Crippen molar-refractivity contribution in [2.75, 3.05) is 0 Å². The summed E-state index contributed by atoms with van der Waals surface area (Å²) in [6.45, 7) is 0. The van der Waals surface area contributed by atoms with Crippen molar-refractivity contribution in [2.24, 2.45) is 5.73 Å². The molecular weight excluding hydrogens is 272 g/mol. The highest BCUT2D eigenvalue weighted by Gasteiger charge is 2.13. The number of para-hydroxylation sites is 1. The molecule has 20 heavy (non-hydrogen) atoms. The molecule has 3 aromatic rings. The van der Waals surface area contributed by atoms with Crippen molar-refractivity contribution in [1.29, 1.82) is 0 Å². The molecule has 2 N–H and O–H groups in total. The summed E-state index contributed by atoms with van der Waals surface area (Å²) in [6, 6.07) is 13.4. The van der Waals surface area contributed by atoms with Crippen molar-refractivity contribution in [3.05, 3.63) is 65.1 Å². The molecule has 0 aliphatic heterocycles. The summed E-state index contributed by atoms with van der Waals surface area (Å²) in [7, 11) is 0. The van der Waals surface area contributed by atoms with Gasteiger partial charge < -0.3 is 10.2 Å². The molecule has 1 unspecified atom stereocenters. The second-order valence-electron chi connectivity index (χ2n) is 4.77. The van der Waals surface area contributed by atoms with E-state index in [4.69, 9.17) is 21.8 Å². The number of nitrogens with two attached hydrogens (primary N) is 1. The maximum atomic E-state index is 6.19. The van der Waals surface area contributed by atoms with Crippen molar-refractivity contribution in [2.45, 2.75) is 18.9 Å². The first-order chi connectivity index (χ1) is 9.74. The van der Waals surface area contributed by atoms with Gasteiger partial charge in [0.2, 0.25) is 0 Å². The van der Waals surface area contributed by atoms with Gasteiger partial charge in [0.15, 0.2) is 5.58 Å². The van der Waals surface area contributed by atoms with Crippen molar-refractivity contribution in [1.82, 2.24) is 4.98 Å². The molecule has 2 heterocycles. The first kappa shape index (κ1) is 13.2. The number of aryl methyl sites for hydroxylation is 1. The van der Waals surface area contributed by atoms with Crippen LogP contribution in [0.5, 0.6) is 0 Å². The third-order valence-electron chi connectivity index (χ3n) is 3.32. The average Bonchev–Trinajstić information content (AvgIpc) is 2.91. The number of benzene rings is 1. The van der Waals surface area contributed by atoms with Crippen LogP contribution >= 0.6 is 11.6 Å². The highest BCUT2D eigenvalue weighted by Crippen LogP contribution is 2.29. The Labute approximate surface area is 122 Å². The molecule has 3 nitrogen and oxygen atoms in total. The zero-order valence-electron chi connectivity index (χ0n) is 10.9. The number of pyridine rings is 1. The molecule has 0 saturated carbocycles. The van der Waals surface area contributed by atoms with Crippen molar-refractivity contribution in [3.8, 4) is 0 Å². The SMILES string of the molecule is NC(CCc1ccccn1)c1cc2cccc(Cl)c2o1. The zero-order chi connectivity index (χ0) is 13.9. The molecule has 0 saturated heterocycles. The van der Waals surface area contributed by atoms with Gasteiger partial charge in [-0.3, -0.25) is 4.98 Å². The van der Waals surface area contributed by atoms with Crippen LogP contribution in [0, 0.1) is 0 Å². The van der Waals surface area contributed by atoms with E-state index >= 15 is 0 Å². The molecule has 1 atom stereocenters. The van der Waals surface area contributed by atoms with Gasteiger partial charge in [-0.15, -0.1) is 0 Å². The molecule has 0 radical (unpaired) electrons. The lowest BCUT2D eigenvalue weighted by molar-refractivity contribution is 0.477. The summed E-state index contributed by atoms with van der Waals surface area (Å²) in [5.41, 5.74) is 7.94. The fourth-order valence-electron chi connectivity index (χ4n) is 2.22. The van der Waals surface area contributed by atoms with Crippen molar-refractivity contribution >= 4 is 22.6 Å². The van der Waals surface area contributed by atoms with Gasteiger partial charge in [-0.1, -0.05) is 29.8 Å². The molecule has 4 heteroatoms. The first-order valence-electron chi connectivity index (χ1n) is 6.57. The lowest BCUT2D eigenvalue weighted by atomic mass is 10.1. The summed E-state index contributed by atoms with van der Waals surface area (Å²) in [4.78, 5) is 4.29. The Balaban J connectivity index is 1.75. The van der Waals surface area contributed by atoms with Gasteiger partial charge in [0.05, 0.1) is 11.1 Å². The number of furan rings is 1. The van der Waals surface area contributed by atoms with E-state index in [1.54, 1.807) is 6.20 Å². The third kappa shape index (κ3) is 2.69. The van der Waals surface area contributed by atoms with E-state index in [1.807, 2.05) is 42.5 Å². The Kier molecular flexibility index (Phi) is 3.72. The predicted octanol–water partition coefficient (Wildman–Crippen LogP) is 4.11. The third-order valence-corrected chi connectivity index (χ3v) is 3.62. The Morgan fingerprint density at radius 2 is 2.10 bits per heavy atom. The van der Waals surface area contributed by atoms with Crippen LogP contribution in [-0.2, 0) is 6.42 Å². The maximum Gasteiger partial charge on any atom is 0.152 e. The number of nitrogens with zero attached hydrogens (tertiary/aromatic N) is 1. The van der Waals surface area contributed by atoms with E-state index in [0.717, 1.165) is 29.7 Å². The van der Waals surface area contributed by atoms with Crippen LogP contribution in [0.15, 0.2) is 53.1 Å². The molecule has 0 bridgehead atoms. The maximum absolute atomic E-state index is 6.19. The number of hydrogen-bond donors (Lipinski definition) is 1. The van der Waals surface area contributed by atoms with Crippen LogP contribution in [-0.4, -0.2) is 4.98 Å². The van der Waals surface area contributed by atoms with Gasteiger partial charge in [-0.25, -0.2) is 0 Å². The summed E-state index contributed by atoms with van der Waals surface area (Å²) in [5, 5.41) is 1.60. The van der Waals surface area contributed by atoms with E-state index in [-0.39, 0.29) is 6.04 Å². The van der Waals surface area contributed by atoms with Gasteiger partial charge in [0.1, 0.15) is 5.76 Å². The summed E-state index contributed by atoms with van der Waals surface area (Å²) in [5.74, 6) is 0.768. The standard InChI is InChI=1S/C16H15ClN2O/c17-13-6-3-4-11-10-15(20-16(11)13)14(18)8-7-12-5-1-2-9-19-12/h1-6,9-10,14H,7-8,18H2. The molecule has 0 aliphatic rings. The first-order valence-corrected chi connectivity index (χ1v) is 6.95. The predicted molar refractivity (Wildman–Crippen MR) is 80.7 cm³/mol. The van der Waals surface area contributed by atoms with Crippen LogP contribution < -0.4 is 5.73 Å². The lowest BCUT2D eigenvalue weighted by Crippen LogP contribution is -2.10. The zero-order valence-corrected chi connectivity index (χ0v) is 11.7. The monoisotopic (exact) mass is 286 g/mol. The van der Waals surface area contributed by atoms with Crippen LogP contribution in [0.4, 0.5) is 0 Å². The van der Waals surface area contributed by atoms with Crippen LogP contribution in [0.3, 0.4) is 0 Å². The summed E-state index contributed by atoms with van der Waals surface area (Å²) < 4.78 is 5.77. The molecule has 3 rings (SSSR count). The van der Waals surface area contributed by atoms with Gasteiger partial charge in [-0.05, 0) is 37.1 Å². The van der Waals surface area contributed by atoms with E-state index in [0.29, 0.717) is 10.6 Å². The van der Waals surface area contributed by atoms with Crippen molar-refractivity contribution < 1.29 is 4.42 Å². The molecule has 0 amide bonds. The fraction of sp³-hybridized carbons (Fsp3) is 0.188. The average molecular weight is 287 g/mol. The van der Waals surface area contributed by atoms with E-state index < -0.39 is 0 Å². The number of hydrogen-bond acceptors (Lipinski definition) is 3. The van der Waals surface area contributed by atoms with Crippen LogP contribution in [0.25, 0.3) is 11.0 Å². The Bertz CT molecular complexity index is 709. The second kappa shape index (κ2) is 5.65. The lowest BCUT2D eigenvalue weighted by Gasteiger charge is -2.07. The number of halogens is 1. The molecule has 2 aromatic heterocycles. The Morgan fingerprint density at radius 3 is 2.85 bits per heavy atom. The summed E-state index contributed by atoms with van der Waals surface area (Å²) >= 11 is 6.10. The molecule has 102 valence electrons. The fourth-order valence-corrected chi connectivity index (χ4v) is 2.44. The minimum atomic E-state index is -0.152. The molecular formula is C16H15ClN2O. The van der Waals surface area contributed by atoms with Gasteiger partial charge in [0.25, 0.3) is 0 Å². The second-order valence-corrected chi connectivity index (χ2v) is 5.18.